The Morgan fingerprint density at radius 1 is 1.47 bits per heavy atom. The number of anilines is 1. The molecular weight excluding hydrogens is 289 g/mol. The van der Waals surface area contributed by atoms with Crippen molar-refractivity contribution in [2.45, 2.75) is 25.4 Å². The van der Waals surface area contributed by atoms with Gasteiger partial charge in [0.1, 0.15) is 5.82 Å². The van der Waals surface area contributed by atoms with Crippen LogP contribution in [0.4, 0.5) is 10.1 Å². The molecule has 2 rings (SSSR count). The van der Waals surface area contributed by atoms with Crippen molar-refractivity contribution in [2.75, 3.05) is 5.32 Å². The van der Waals surface area contributed by atoms with E-state index in [1.54, 1.807) is 6.07 Å². The van der Waals surface area contributed by atoms with Gasteiger partial charge >= 0.3 is 0 Å². The molecule has 0 aliphatic heterocycles. The van der Waals surface area contributed by atoms with E-state index in [4.69, 9.17) is 0 Å². The number of carbonyl (C=O) groups is 1. The molecule has 0 heterocycles. The minimum Gasteiger partial charge on any atom is -0.392 e. The second-order valence-corrected chi connectivity index (χ2v) is 5.13. The van der Waals surface area contributed by atoms with Gasteiger partial charge in [-0.25, -0.2) is 4.39 Å². The average Bonchev–Trinajstić information content (AvgIpc) is 2.68. The predicted octanol–water partition coefficient (Wildman–Crippen LogP) is 2.69. The van der Waals surface area contributed by atoms with Crippen molar-refractivity contribution in [3.05, 3.63) is 28.5 Å². The fourth-order valence-electron chi connectivity index (χ4n) is 2.06. The van der Waals surface area contributed by atoms with E-state index in [0.29, 0.717) is 17.3 Å². The average molecular weight is 302 g/mol. The zero-order chi connectivity index (χ0) is 12.4. The topological polar surface area (TPSA) is 49.3 Å². The highest BCUT2D eigenvalue weighted by Gasteiger charge is 2.31. The van der Waals surface area contributed by atoms with Crippen LogP contribution in [0.25, 0.3) is 0 Å². The number of carbonyl (C=O) groups excluding carboxylic acids is 1. The first-order valence-electron chi connectivity index (χ1n) is 5.52. The van der Waals surface area contributed by atoms with E-state index in [-0.39, 0.29) is 11.6 Å². The molecule has 1 aliphatic rings. The monoisotopic (exact) mass is 301 g/mol. The lowest BCUT2D eigenvalue weighted by molar-refractivity contribution is -0.122. The van der Waals surface area contributed by atoms with Crippen molar-refractivity contribution >= 4 is 27.5 Å². The summed E-state index contributed by atoms with van der Waals surface area (Å²) in [7, 11) is 0. The van der Waals surface area contributed by atoms with Crippen LogP contribution in [0.5, 0.6) is 0 Å². The van der Waals surface area contributed by atoms with Gasteiger partial charge in [0.05, 0.1) is 17.7 Å². The molecule has 1 aromatic carbocycles. The largest absolute Gasteiger partial charge is 0.392 e. The predicted molar refractivity (Wildman–Crippen MR) is 66.1 cm³/mol. The SMILES string of the molecule is O=C(Nc1ccc(Br)cc1F)C1CCCC1O. The standard InChI is InChI=1S/C12H13BrFNO2/c13-7-4-5-10(9(14)6-7)15-12(17)8-2-1-3-11(8)16/h4-6,8,11,16H,1-3H2,(H,15,17). The Morgan fingerprint density at radius 3 is 2.82 bits per heavy atom. The molecule has 0 aromatic heterocycles. The Labute approximate surface area is 107 Å². The molecule has 1 fully saturated rings. The van der Waals surface area contributed by atoms with Crippen LogP contribution in [0.2, 0.25) is 0 Å². The Kier molecular flexibility index (Phi) is 3.79. The van der Waals surface area contributed by atoms with Crippen LogP contribution in [-0.4, -0.2) is 17.1 Å². The second kappa shape index (κ2) is 5.14. The Balaban J connectivity index is 2.07. The zero-order valence-corrected chi connectivity index (χ0v) is 10.7. The number of hydrogen-bond donors (Lipinski definition) is 2. The van der Waals surface area contributed by atoms with Crippen LogP contribution in [0.3, 0.4) is 0 Å². The van der Waals surface area contributed by atoms with Gasteiger partial charge in [0.15, 0.2) is 0 Å². The third kappa shape index (κ3) is 2.84. The lowest BCUT2D eigenvalue weighted by Gasteiger charge is -2.14. The van der Waals surface area contributed by atoms with Crippen molar-refractivity contribution in [1.82, 2.24) is 0 Å². The molecule has 0 bridgehead atoms. The highest BCUT2D eigenvalue weighted by Crippen LogP contribution is 2.27. The fourth-order valence-corrected chi connectivity index (χ4v) is 2.40. The third-order valence-corrected chi connectivity index (χ3v) is 3.50. The summed E-state index contributed by atoms with van der Waals surface area (Å²) in [4.78, 5) is 11.8. The van der Waals surface area contributed by atoms with Crippen molar-refractivity contribution in [3.8, 4) is 0 Å². The zero-order valence-electron chi connectivity index (χ0n) is 9.12. The normalized spacial score (nSPS) is 23.7. The molecule has 0 radical (unpaired) electrons. The maximum atomic E-state index is 13.5. The van der Waals surface area contributed by atoms with Gasteiger partial charge in [-0.3, -0.25) is 4.79 Å². The number of aliphatic hydroxyl groups is 1. The number of benzene rings is 1. The molecule has 1 saturated carbocycles. The molecule has 0 spiro atoms. The van der Waals surface area contributed by atoms with E-state index < -0.39 is 17.8 Å². The van der Waals surface area contributed by atoms with Gasteiger partial charge in [-0.05, 0) is 37.5 Å². The first kappa shape index (κ1) is 12.5. The summed E-state index contributed by atoms with van der Waals surface area (Å²) in [5, 5.41) is 12.1. The number of hydrogen-bond acceptors (Lipinski definition) is 2. The molecule has 3 nitrogen and oxygen atoms in total. The van der Waals surface area contributed by atoms with Crippen LogP contribution in [0, 0.1) is 11.7 Å². The van der Waals surface area contributed by atoms with Crippen molar-refractivity contribution in [3.63, 3.8) is 0 Å². The highest BCUT2D eigenvalue weighted by molar-refractivity contribution is 9.10. The van der Waals surface area contributed by atoms with Gasteiger partial charge in [0, 0.05) is 4.47 Å². The van der Waals surface area contributed by atoms with Gasteiger partial charge in [-0.2, -0.15) is 0 Å². The lowest BCUT2D eigenvalue weighted by Crippen LogP contribution is -2.28. The van der Waals surface area contributed by atoms with E-state index in [1.165, 1.54) is 12.1 Å². The Bertz CT molecular complexity index is 439. The van der Waals surface area contributed by atoms with E-state index >= 15 is 0 Å². The Hall–Kier alpha value is -0.940. The highest BCUT2D eigenvalue weighted by atomic mass is 79.9. The van der Waals surface area contributed by atoms with Crippen molar-refractivity contribution < 1.29 is 14.3 Å². The summed E-state index contributed by atoms with van der Waals surface area (Å²) < 4.78 is 14.1. The van der Waals surface area contributed by atoms with Gasteiger partial charge < -0.3 is 10.4 Å². The number of aliphatic hydroxyl groups excluding tert-OH is 1. The van der Waals surface area contributed by atoms with E-state index in [0.717, 1.165) is 6.42 Å². The molecule has 92 valence electrons. The molecule has 2 unspecified atom stereocenters. The quantitative estimate of drug-likeness (QED) is 0.882. The minimum atomic E-state index is -0.603. The smallest absolute Gasteiger partial charge is 0.230 e. The summed E-state index contributed by atoms with van der Waals surface area (Å²) in [6.45, 7) is 0. The number of rotatable bonds is 2. The van der Waals surface area contributed by atoms with Crippen LogP contribution < -0.4 is 5.32 Å². The van der Waals surface area contributed by atoms with Crippen LogP contribution in [0.1, 0.15) is 19.3 Å². The fraction of sp³-hybridized carbons (Fsp3) is 0.417. The molecular formula is C12H13BrFNO2. The number of amides is 1. The van der Waals surface area contributed by atoms with E-state index in [1.807, 2.05) is 0 Å². The molecule has 1 amide bonds. The molecule has 17 heavy (non-hydrogen) atoms. The third-order valence-electron chi connectivity index (χ3n) is 3.01. The minimum absolute atomic E-state index is 0.150. The number of nitrogens with one attached hydrogen (secondary N) is 1. The maximum Gasteiger partial charge on any atom is 0.230 e. The molecule has 2 atom stereocenters. The van der Waals surface area contributed by atoms with Crippen LogP contribution in [-0.2, 0) is 4.79 Å². The van der Waals surface area contributed by atoms with Gasteiger partial charge in [-0.15, -0.1) is 0 Å². The first-order chi connectivity index (χ1) is 8.08. The maximum absolute atomic E-state index is 13.5. The lowest BCUT2D eigenvalue weighted by atomic mass is 10.1. The summed E-state index contributed by atoms with van der Waals surface area (Å²) in [5.74, 6) is -1.21. The summed E-state index contributed by atoms with van der Waals surface area (Å²) in [5.41, 5.74) is 0.150. The van der Waals surface area contributed by atoms with Gasteiger partial charge in [-0.1, -0.05) is 15.9 Å². The summed E-state index contributed by atoms with van der Waals surface area (Å²) in [6.07, 6.45) is 1.53. The summed E-state index contributed by atoms with van der Waals surface area (Å²) in [6, 6.07) is 4.45. The van der Waals surface area contributed by atoms with Crippen molar-refractivity contribution in [1.29, 1.82) is 0 Å². The van der Waals surface area contributed by atoms with Gasteiger partial charge in [0.25, 0.3) is 0 Å². The molecule has 1 aliphatic carbocycles. The molecule has 2 N–H and O–H groups in total. The second-order valence-electron chi connectivity index (χ2n) is 4.22. The van der Waals surface area contributed by atoms with Crippen LogP contribution >= 0.6 is 15.9 Å². The Morgan fingerprint density at radius 2 is 2.24 bits per heavy atom. The van der Waals surface area contributed by atoms with Gasteiger partial charge in [0.2, 0.25) is 5.91 Å². The van der Waals surface area contributed by atoms with E-state index in [9.17, 15) is 14.3 Å². The van der Waals surface area contributed by atoms with E-state index in [2.05, 4.69) is 21.2 Å². The summed E-state index contributed by atoms with van der Waals surface area (Å²) >= 11 is 3.15. The van der Waals surface area contributed by atoms with Crippen molar-refractivity contribution in [2.24, 2.45) is 5.92 Å². The molecule has 0 saturated heterocycles. The first-order valence-corrected chi connectivity index (χ1v) is 6.31. The number of halogens is 2. The molecule has 1 aromatic rings. The molecule has 5 heteroatoms. The van der Waals surface area contributed by atoms with Crippen LogP contribution in [0.15, 0.2) is 22.7 Å².